The fourth-order valence-corrected chi connectivity index (χ4v) is 4.60. The fraction of sp³-hybridized carbons (Fsp3) is 0.250. The number of ether oxygens (including phenoxy) is 1. The minimum Gasteiger partial charge on any atom is -0.378 e. The molecular formula is C24H26N2O3S. The van der Waals surface area contributed by atoms with Crippen molar-refractivity contribution in [2.45, 2.75) is 11.3 Å². The first kappa shape index (κ1) is 20.6. The second kappa shape index (κ2) is 9.43. The van der Waals surface area contributed by atoms with Crippen molar-refractivity contribution in [1.82, 2.24) is 4.72 Å². The molecule has 156 valence electrons. The molecule has 0 aliphatic carbocycles. The Morgan fingerprint density at radius 1 is 0.800 bits per heavy atom. The summed E-state index contributed by atoms with van der Waals surface area (Å²) in [5.74, 6) is 0. The number of nitrogens with zero attached hydrogens (tertiary/aromatic N) is 1. The summed E-state index contributed by atoms with van der Waals surface area (Å²) in [5.41, 5.74) is 4.35. The van der Waals surface area contributed by atoms with E-state index in [1.54, 1.807) is 12.1 Å². The van der Waals surface area contributed by atoms with Crippen molar-refractivity contribution in [3.63, 3.8) is 0 Å². The van der Waals surface area contributed by atoms with Crippen molar-refractivity contribution in [1.29, 1.82) is 0 Å². The van der Waals surface area contributed by atoms with Crippen LogP contribution in [0.3, 0.4) is 0 Å². The van der Waals surface area contributed by atoms with Crippen LogP contribution in [0.4, 0.5) is 5.69 Å². The molecule has 1 aliphatic heterocycles. The minimum absolute atomic E-state index is 0.282. The second-order valence-corrected chi connectivity index (χ2v) is 9.07. The number of rotatable bonds is 7. The molecule has 3 aromatic carbocycles. The maximum Gasteiger partial charge on any atom is 0.240 e. The smallest absolute Gasteiger partial charge is 0.240 e. The highest BCUT2D eigenvalue weighted by Crippen LogP contribution is 2.21. The molecule has 0 spiro atoms. The lowest BCUT2D eigenvalue weighted by Gasteiger charge is -2.28. The largest absolute Gasteiger partial charge is 0.378 e. The topological polar surface area (TPSA) is 58.6 Å². The van der Waals surface area contributed by atoms with Gasteiger partial charge in [-0.3, -0.25) is 0 Å². The zero-order valence-electron chi connectivity index (χ0n) is 16.8. The van der Waals surface area contributed by atoms with Gasteiger partial charge in [0.2, 0.25) is 10.0 Å². The lowest BCUT2D eigenvalue weighted by atomic mass is 10.1. The van der Waals surface area contributed by atoms with Crippen LogP contribution in [0.5, 0.6) is 0 Å². The van der Waals surface area contributed by atoms with Gasteiger partial charge in [0.25, 0.3) is 0 Å². The van der Waals surface area contributed by atoms with Crippen LogP contribution in [0.1, 0.15) is 5.56 Å². The van der Waals surface area contributed by atoms with E-state index >= 15 is 0 Å². The summed E-state index contributed by atoms with van der Waals surface area (Å²) in [4.78, 5) is 2.58. The zero-order chi connectivity index (χ0) is 20.8. The highest BCUT2D eigenvalue weighted by Gasteiger charge is 2.14. The third-order valence-electron chi connectivity index (χ3n) is 5.29. The van der Waals surface area contributed by atoms with E-state index in [-0.39, 0.29) is 4.90 Å². The van der Waals surface area contributed by atoms with Crippen molar-refractivity contribution in [2.75, 3.05) is 37.7 Å². The van der Waals surface area contributed by atoms with Gasteiger partial charge in [-0.25, -0.2) is 13.1 Å². The van der Waals surface area contributed by atoms with E-state index in [4.69, 9.17) is 4.74 Å². The van der Waals surface area contributed by atoms with Crippen LogP contribution in [-0.4, -0.2) is 41.3 Å². The van der Waals surface area contributed by atoms with Gasteiger partial charge in [-0.1, -0.05) is 54.6 Å². The number of hydrogen-bond acceptors (Lipinski definition) is 4. The normalized spacial score (nSPS) is 14.6. The molecule has 1 fully saturated rings. The molecule has 3 aromatic rings. The highest BCUT2D eigenvalue weighted by molar-refractivity contribution is 7.89. The summed E-state index contributed by atoms with van der Waals surface area (Å²) in [7, 11) is -3.53. The molecule has 0 saturated carbocycles. The summed E-state index contributed by atoms with van der Waals surface area (Å²) in [6.07, 6.45) is 0.644. The van der Waals surface area contributed by atoms with E-state index in [2.05, 4.69) is 33.9 Å². The van der Waals surface area contributed by atoms with Crippen molar-refractivity contribution < 1.29 is 13.2 Å². The number of morpholine rings is 1. The van der Waals surface area contributed by atoms with Crippen molar-refractivity contribution in [3.8, 4) is 11.1 Å². The Bertz CT molecular complexity index is 1040. The van der Waals surface area contributed by atoms with Gasteiger partial charge >= 0.3 is 0 Å². The first-order valence-corrected chi connectivity index (χ1v) is 11.7. The average molecular weight is 423 g/mol. The quantitative estimate of drug-likeness (QED) is 0.631. The Hall–Kier alpha value is -2.67. The number of sulfonamides is 1. The SMILES string of the molecule is O=S(=O)(NCCc1ccc(N2CCOCC2)cc1)c1ccc(-c2ccccc2)cc1. The molecule has 0 atom stereocenters. The van der Waals surface area contributed by atoms with Crippen molar-refractivity contribution in [2.24, 2.45) is 0 Å². The first-order valence-electron chi connectivity index (χ1n) is 10.2. The molecule has 1 heterocycles. The van der Waals surface area contributed by atoms with Crippen LogP contribution in [0.25, 0.3) is 11.1 Å². The van der Waals surface area contributed by atoms with Gasteiger partial charge in [0.15, 0.2) is 0 Å². The lowest BCUT2D eigenvalue weighted by Crippen LogP contribution is -2.36. The lowest BCUT2D eigenvalue weighted by molar-refractivity contribution is 0.122. The molecular weight excluding hydrogens is 396 g/mol. The second-order valence-electron chi connectivity index (χ2n) is 7.30. The number of anilines is 1. The predicted molar refractivity (Wildman–Crippen MR) is 120 cm³/mol. The summed E-state index contributed by atoms with van der Waals surface area (Å²) in [6, 6.07) is 25.2. The van der Waals surface area contributed by atoms with E-state index in [0.29, 0.717) is 13.0 Å². The molecule has 1 saturated heterocycles. The van der Waals surface area contributed by atoms with Crippen LogP contribution >= 0.6 is 0 Å². The Kier molecular flexibility index (Phi) is 6.47. The third-order valence-corrected chi connectivity index (χ3v) is 6.77. The van der Waals surface area contributed by atoms with Crippen LogP contribution in [0.15, 0.2) is 83.8 Å². The molecule has 1 N–H and O–H groups in total. The number of nitrogens with one attached hydrogen (secondary N) is 1. The standard InChI is InChI=1S/C24H26N2O3S/c27-30(28,24-12-8-22(9-13-24)21-4-2-1-3-5-21)25-15-14-20-6-10-23(11-7-20)26-16-18-29-19-17-26/h1-13,25H,14-19H2. The molecule has 1 aliphatic rings. The monoisotopic (exact) mass is 422 g/mol. The maximum atomic E-state index is 12.6. The predicted octanol–water partition coefficient (Wildman–Crippen LogP) is 3.71. The summed E-state index contributed by atoms with van der Waals surface area (Å²) in [5, 5.41) is 0. The molecule has 30 heavy (non-hydrogen) atoms. The van der Waals surface area contributed by atoms with Gasteiger partial charge in [-0.2, -0.15) is 0 Å². The molecule has 0 bridgehead atoms. The fourth-order valence-electron chi connectivity index (χ4n) is 3.57. The van der Waals surface area contributed by atoms with Crippen molar-refractivity contribution in [3.05, 3.63) is 84.4 Å². The summed E-state index contributed by atoms with van der Waals surface area (Å²) < 4.78 is 33.3. The van der Waals surface area contributed by atoms with Gasteiger partial charge in [0.05, 0.1) is 18.1 Å². The van der Waals surface area contributed by atoms with Gasteiger partial charge < -0.3 is 9.64 Å². The first-order chi connectivity index (χ1) is 14.6. The van der Waals surface area contributed by atoms with Gasteiger partial charge in [-0.15, -0.1) is 0 Å². The molecule has 0 unspecified atom stereocenters. The summed E-state index contributed by atoms with van der Waals surface area (Å²) in [6.45, 7) is 3.69. The van der Waals surface area contributed by atoms with Crippen LogP contribution in [0.2, 0.25) is 0 Å². The Labute approximate surface area is 178 Å². The Morgan fingerprint density at radius 3 is 2.10 bits per heavy atom. The van der Waals surface area contributed by atoms with E-state index in [0.717, 1.165) is 43.0 Å². The van der Waals surface area contributed by atoms with Gasteiger partial charge in [0.1, 0.15) is 0 Å². The van der Waals surface area contributed by atoms with Crippen LogP contribution in [-0.2, 0) is 21.2 Å². The maximum absolute atomic E-state index is 12.6. The molecule has 0 amide bonds. The minimum atomic E-state index is -3.53. The molecule has 4 rings (SSSR count). The third kappa shape index (κ3) is 5.08. The zero-order valence-corrected chi connectivity index (χ0v) is 17.6. The van der Waals surface area contributed by atoms with E-state index in [1.165, 1.54) is 5.69 Å². The number of benzene rings is 3. The average Bonchev–Trinajstić information content (AvgIpc) is 2.81. The Balaban J connectivity index is 1.33. The van der Waals surface area contributed by atoms with E-state index in [9.17, 15) is 8.42 Å². The van der Waals surface area contributed by atoms with Crippen LogP contribution < -0.4 is 9.62 Å². The van der Waals surface area contributed by atoms with Crippen LogP contribution in [0, 0.1) is 0 Å². The molecule has 0 aromatic heterocycles. The molecule has 0 radical (unpaired) electrons. The number of hydrogen-bond donors (Lipinski definition) is 1. The van der Waals surface area contributed by atoms with E-state index < -0.39 is 10.0 Å². The molecule has 6 heteroatoms. The van der Waals surface area contributed by atoms with Crippen molar-refractivity contribution >= 4 is 15.7 Å². The van der Waals surface area contributed by atoms with Gasteiger partial charge in [-0.05, 0) is 47.4 Å². The summed E-state index contributed by atoms with van der Waals surface area (Å²) >= 11 is 0. The highest BCUT2D eigenvalue weighted by atomic mass is 32.2. The molecule has 5 nitrogen and oxygen atoms in total. The van der Waals surface area contributed by atoms with E-state index in [1.807, 2.05) is 42.5 Å². The van der Waals surface area contributed by atoms with Gasteiger partial charge in [0, 0.05) is 25.3 Å². The Morgan fingerprint density at radius 2 is 1.43 bits per heavy atom.